The van der Waals surface area contributed by atoms with Gasteiger partial charge < -0.3 is 14.8 Å². The van der Waals surface area contributed by atoms with Gasteiger partial charge in [0.25, 0.3) is 0 Å². The van der Waals surface area contributed by atoms with E-state index in [1.165, 1.54) is 12.8 Å². The summed E-state index contributed by atoms with van der Waals surface area (Å²) in [5, 5.41) is 2.97. The van der Waals surface area contributed by atoms with Crippen LogP contribution in [0.5, 0.6) is 0 Å². The van der Waals surface area contributed by atoms with E-state index in [4.69, 9.17) is 9.47 Å². The molecule has 0 fully saturated rings. The van der Waals surface area contributed by atoms with Gasteiger partial charge >= 0.3 is 0 Å². The molecule has 1 amide bonds. The third-order valence-electron chi connectivity index (χ3n) is 4.09. The minimum atomic E-state index is -0.0244. The molecular weight excluding hydrogens is 266 g/mol. The van der Waals surface area contributed by atoms with Crippen molar-refractivity contribution in [2.24, 2.45) is 5.92 Å². The van der Waals surface area contributed by atoms with Gasteiger partial charge in [0.1, 0.15) is 11.5 Å². The van der Waals surface area contributed by atoms with Crippen molar-refractivity contribution in [3.05, 3.63) is 35.4 Å². The Bertz CT molecular complexity index is 463. The molecule has 1 atom stereocenters. The van der Waals surface area contributed by atoms with Crippen molar-refractivity contribution in [3.8, 4) is 0 Å². The van der Waals surface area contributed by atoms with Crippen LogP contribution in [-0.2, 0) is 14.3 Å². The van der Waals surface area contributed by atoms with Gasteiger partial charge in [-0.05, 0) is 44.1 Å². The monoisotopic (exact) mass is 291 g/mol. The average Bonchev–Trinajstić information content (AvgIpc) is 2.53. The van der Waals surface area contributed by atoms with Crippen LogP contribution in [0.15, 0.2) is 35.4 Å². The smallest absolute Gasteiger partial charge is 0.247 e. The molecule has 116 valence electrons. The van der Waals surface area contributed by atoms with Crippen LogP contribution < -0.4 is 5.32 Å². The highest BCUT2D eigenvalue weighted by Crippen LogP contribution is 2.30. The van der Waals surface area contributed by atoms with E-state index in [0.29, 0.717) is 5.92 Å². The molecule has 1 unspecified atom stereocenters. The number of amides is 1. The average molecular weight is 291 g/mol. The lowest BCUT2D eigenvalue weighted by Crippen LogP contribution is -2.22. The first kappa shape index (κ1) is 15.7. The number of nitrogens with one attached hydrogen (secondary N) is 1. The molecule has 0 radical (unpaired) electrons. The predicted octanol–water partition coefficient (Wildman–Crippen LogP) is 3.42. The summed E-state index contributed by atoms with van der Waals surface area (Å²) in [4.78, 5) is 11.9. The maximum Gasteiger partial charge on any atom is 0.247 e. The predicted molar refractivity (Wildman–Crippen MR) is 82.2 cm³/mol. The zero-order valence-corrected chi connectivity index (χ0v) is 13.0. The van der Waals surface area contributed by atoms with Crippen LogP contribution in [-0.4, -0.2) is 20.1 Å². The molecular formula is C17H25NO3. The van der Waals surface area contributed by atoms with Crippen molar-refractivity contribution in [1.29, 1.82) is 0 Å². The standard InChI is InChI=1S/C17H25NO3/c1-20-15-10-8-13(12-16(15)21-2)9-11-17(19)18-14-6-4-3-5-7-14/h6,9,11,13H,3-5,7-8,10,12H2,1-2H3,(H,18,19)/b11-9+. The van der Waals surface area contributed by atoms with Crippen molar-refractivity contribution in [3.63, 3.8) is 0 Å². The fraction of sp³-hybridized carbons (Fsp3) is 0.588. The fourth-order valence-corrected chi connectivity index (χ4v) is 2.86. The van der Waals surface area contributed by atoms with Gasteiger partial charge in [0.2, 0.25) is 5.91 Å². The van der Waals surface area contributed by atoms with Crippen LogP contribution in [0.3, 0.4) is 0 Å². The molecule has 2 rings (SSSR count). The highest BCUT2D eigenvalue weighted by Gasteiger charge is 2.20. The lowest BCUT2D eigenvalue weighted by Gasteiger charge is -2.23. The number of methoxy groups -OCH3 is 2. The van der Waals surface area contributed by atoms with Gasteiger partial charge in [-0.1, -0.05) is 12.2 Å². The summed E-state index contributed by atoms with van der Waals surface area (Å²) in [6, 6.07) is 0. The molecule has 4 heteroatoms. The van der Waals surface area contributed by atoms with E-state index in [2.05, 4.69) is 11.4 Å². The van der Waals surface area contributed by atoms with Crippen LogP contribution in [0, 0.1) is 5.92 Å². The summed E-state index contributed by atoms with van der Waals surface area (Å²) in [6.45, 7) is 0. The lowest BCUT2D eigenvalue weighted by molar-refractivity contribution is -0.115. The number of carbonyl (C=O) groups excluding carboxylic acids is 1. The van der Waals surface area contributed by atoms with Crippen molar-refractivity contribution in [1.82, 2.24) is 5.32 Å². The topological polar surface area (TPSA) is 47.6 Å². The van der Waals surface area contributed by atoms with Crippen LogP contribution in [0.25, 0.3) is 0 Å². The van der Waals surface area contributed by atoms with Crippen LogP contribution in [0.2, 0.25) is 0 Å². The molecule has 2 aliphatic rings. The minimum absolute atomic E-state index is 0.0244. The van der Waals surface area contributed by atoms with Crippen molar-refractivity contribution >= 4 is 5.91 Å². The minimum Gasteiger partial charge on any atom is -0.498 e. The maximum atomic E-state index is 11.9. The molecule has 1 N–H and O–H groups in total. The van der Waals surface area contributed by atoms with Gasteiger partial charge in [0.05, 0.1) is 14.2 Å². The Morgan fingerprint density at radius 3 is 2.71 bits per heavy atom. The molecule has 0 bridgehead atoms. The molecule has 0 heterocycles. The van der Waals surface area contributed by atoms with Gasteiger partial charge in [0.15, 0.2) is 0 Å². The Kier molecular flexibility index (Phi) is 5.90. The number of hydrogen-bond acceptors (Lipinski definition) is 3. The first-order chi connectivity index (χ1) is 10.2. The van der Waals surface area contributed by atoms with Gasteiger partial charge in [0, 0.05) is 18.5 Å². The van der Waals surface area contributed by atoms with E-state index in [9.17, 15) is 4.79 Å². The number of carbonyl (C=O) groups is 1. The van der Waals surface area contributed by atoms with Crippen LogP contribution in [0.4, 0.5) is 0 Å². The second-order valence-electron chi connectivity index (χ2n) is 5.58. The Hall–Kier alpha value is -1.71. The molecule has 0 spiro atoms. The Labute approximate surface area is 126 Å². The van der Waals surface area contributed by atoms with Gasteiger partial charge in [-0.2, -0.15) is 0 Å². The van der Waals surface area contributed by atoms with Gasteiger partial charge in [-0.25, -0.2) is 0 Å². The molecule has 0 aromatic rings. The molecule has 4 nitrogen and oxygen atoms in total. The zero-order chi connectivity index (χ0) is 15.1. The van der Waals surface area contributed by atoms with E-state index in [1.807, 2.05) is 6.08 Å². The van der Waals surface area contributed by atoms with E-state index in [0.717, 1.165) is 49.3 Å². The molecule has 0 aromatic heterocycles. The maximum absolute atomic E-state index is 11.9. The summed E-state index contributed by atoms with van der Waals surface area (Å²) >= 11 is 0. The second-order valence-corrected chi connectivity index (χ2v) is 5.58. The highest BCUT2D eigenvalue weighted by atomic mass is 16.5. The van der Waals surface area contributed by atoms with Crippen molar-refractivity contribution in [2.45, 2.75) is 44.9 Å². The quantitative estimate of drug-likeness (QED) is 0.790. The van der Waals surface area contributed by atoms with E-state index >= 15 is 0 Å². The SMILES string of the molecule is COC1=C(OC)CC(/C=C/C(=O)NC2=CCCCC2)CC1. The van der Waals surface area contributed by atoms with Crippen molar-refractivity contribution < 1.29 is 14.3 Å². The number of ether oxygens (including phenoxy) is 2. The number of rotatable bonds is 5. The van der Waals surface area contributed by atoms with E-state index in [-0.39, 0.29) is 5.91 Å². The third-order valence-corrected chi connectivity index (χ3v) is 4.09. The Morgan fingerprint density at radius 2 is 2.05 bits per heavy atom. The van der Waals surface area contributed by atoms with Gasteiger partial charge in [-0.15, -0.1) is 0 Å². The molecule has 0 aromatic carbocycles. The molecule has 0 aliphatic heterocycles. The second kappa shape index (κ2) is 7.91. The van der Waals surface area contributed by atoms with Crippen LogP contribution >= 0.6 is 0 Å². The van der Waals surface area contributed by atoms with Gasteiger partial charge in [-0.3, -0.25) is 4.79 Å². The summed E-state index contributed by atoms with van der Waals surface area (Å²) in [6.07, 6.45) is 12.9. The number of allylic oxidation sites excluding steroid dienone is 5. The Balaban J connectivity index is 1.85. The molecule has 21 heavy (non-hydrogen) atoms. The molecule has 2 aliphatic carbocycles. The first-order valence-corrected chi connectivity index (χ1v) is 7.71. The third kappa shape index (κ3) is 4.66. The fourth-order valence-electron chi connectivity index (χ4n) is 2.86. The van der Waals surface area contributed by atoms with Crippen LogP contribution in [0.1, 0.15) is 44.9 Å². The summed E-state index contributed by atoms with van der Waals surface area (Å²) in [7, 11) is 3.35. The molecule has 0 saturated carbocycles. The normalized spacial score (nSPS) is 23.0. The van der Waals surface area contributed by atoms with E-state index < -0.39 is 0 Å². The summed E-state index contributed by atoms with van der Waals surface area (Å²) in [5.41, 5.74) is 1.07. The summed E-state index contributed by atoms with van der Waals surface area (Å²) in [5.74, 6) is 2.14. The van der Waals surface area contributed by atoms with E-state index in [1.54, 1.807) is 20.3 Å². The zero-order valence-electron chi connectivity index (χ0n) is 13.0. The highest BCUT2D eigenvalue weighted by molar-refractivity contribution is 5.88. The Morgan fingerprint density at radius 1 is 1.24 bits per heavy atom. The lowest BCUT2D eigenvalue weighted by atomic mass is 9.91. The molecule has 0 saturated heterocycles. The first-order valence-electron chi connectivity index (χ1n) is 7.71. The number of hydrogen-bond donors (Lipinski definition) is 1. The summed E-state index contributed by atoms with van der Waals surface area (Å²) < 4.78 is 10.7. The van der Waals surface area contributed by atoms with Crippen molar-refractivity contribution in [2.75, 3.05) is 14.2 Å². The largest absolute Gasteiger partial charge is 0.498 e.